The van der Waals surface area contributed by atoms with Crippen molar-refractivity contribution in [2.24, 2.45) is 5.73 Å². The van der Waals surface area contributed by atoms with E-state index in [9.17, 15) is 9.59 Å². The molecule has 1 fully saturated rings. The Bertz CT molecular complexity index is 217. The molecule has 0 unspecified atom stereocenters. The van der Waals surface area contributed by atoms with Crippen LogP contribution in [0, 0.1) is 0 Å². The Hall–Kier alpha value is -1.10. The lowest BCUT2D eigenvalue weighted by Crippen LogP contribution is -2.32. The molecule has 0 bridgehead atoms. The normalized spacial score (nSPS) is 25.9. The van der Waals surface area contributed by atoms with Gasteiger partial charge in [-0.1, -0.05) is 0 Å². The Kier molecular flexibility index (Phi) is 4.39. The lowest BCUT2D eigenvalue weighted by Gasteiger charge is -2.08. The molecule has 1 saturated heterocycles. The van der Waals surface area contributed by atoms with Gasteiger partial charge in [0.1, 0.15) is 6.04 Å². The first-order chi connectivity index (χ1) is 6.70. The van der Waals surface area contributed by atoms with Gasteiger partial charge < -0.3 is 15.2 Å². The Labute approximate surface area is 82.5 Å². The number of cyclic esters (lactones) is 2. The number of nitrogens with two attached hydrogens (primary N) is 1. The monoisotopic (exact) mass is 201 g/mol. The van der Waals surface area contributed by atoms with Crippen molar-refractivity contribution in [3.63, 3.8) is 0 Å². The molecule has 0 aliphatic carbocycles. The number of carbonyl (C=O) groups excluding carboxylic acids is 2. The van der Waals surface area contributed by atoms with Gasteiger partial charge in [0, 0.05) is 6.42 Å². The summed E-state index contributed by atoms with van der Waals surface area (Å²) < 4.78 is 9.79. The predicted octanol–water partition coefficient (Wildman–Crippen LogP) is -0.0259. The summed E-state index contributed by atoms with van der Waals surface area (Å²) in [6.07, 6.45) is 1.88. The third kappa shape index (κ3) is 3.74. The van der Waals surface area contributed by atoms with E-state index in [4.69, 9.17) is 15.2 Å². The van der Waals surface area contributed by atoms with Crippen molar-refractivity contribution in [2.75, 3.05) is 13.2 Å². The number of ether oxygens (including phenoxy) is 2. The minimum atomic E-state index is -0.708. The quantitative estimate of drug-likeness (QED) is 0.557. The van der Waals surface area contributed by atoms with E-state index in [2.05, 4.69) is 0 Å². The van der Waals surface area contributed by atoms with Gasteiger partial charge in [0.15, 0.2) is 0 Å². The molecule has 0 spiro atoms. The van der Waals surface area contributed by atoms with Gasteiger partial charge in [-0.05, 0) is 19.3 Å². The van der Waals surface area contributed by atoms with Crippen LogP contribution in [0.2, 0.25) is 0 Å². The fourth-order valence-electron chi connectivity index (χ4n) is 1.13. The summed E-state index contributed by atoms with van der Waals surface area (Å²) in [6.45, 7) is 0.746. The van der Waals surface area contributed by atoms with Gasteiger partial charge in [0.05, 0.1) is 13.2 Å². The van der Waals surface area contributed by atoms with Crippen LogP contribution in [0.4, 0.5) is 0 Å². The van der Waals surface area contributed by atoms with Crippen molar-refractivity contribution in [1.82, 2.24) is 0 Å². The van der Waals surface area contributed by atoms with E-state index in [0.29, 0.717) is 26.1 Å². The minimum Gasteiger partial charge on any atom is -0.466 e. The highest BCUT2D eigenvalue weighted by Crippen LogP contribution is 2.03. The number of hydrogen-bond acceptors (Lipinski definition) is 5. The first kappa shape index (κ1) is 11.0. The van der Waals surface area contributed by atoms with E-state index in [-0.39, 0.29) is 18.8 Å². The van der Waals surface area contributed by atoms with E-state index in [1.54, 1.807) is 0 Å². The van der Waals surface area contributed by atoms with Gasteiger partial charge in [-0.3, -0.25) is 9.59 Å². The van der Waals surface area contributed by atoms with Crippen LogP contribution in [-0.2, 0) is 19.1 Å². The molecule has 1 rings (SSSR count). The minimum absolute atomic E-state index is 0.177. The second-order valence-electron chi connectivity index (χ2n) is 3.24. The second kappa shape index (κ2) is 5.59. The Morgan fingerprint density at radius 2 is 1.79 bits per heavy atom. The van der Waals surface area contributed by atoms with Crippen LogP contribution in [0.1, 0.15) is 25.7 Å². The zero-order chi connectivity index (χ0) is 10.4. The molecule has 5 heteroatoms. The molecule has 0 amide bonds. The van der Waals surface area contributed by atoms with Crippen LogP contribution in [-0.4, -0.2) is 31.2 Å². The molecule has 1 aliphatic rings. The summed E-state index contributed by atoms with van der Waals surface area (Å²) in [7, 11) is 0. The topological polar surface area (TPSA) is 78.6 Å². The summed E-state index contributed by atoms with van der Waals surface area (Å²) in [6, 6.07) is -0.708. The molecule has 0 aromatic heterocycles. The third-order valence-electron chi connectivity index (χ3n) is 2.01. The predicted molar refractivity (Wildman–Crippen MR) is 48.4 cm³/mol. The summed E-state index contributed by atoms with van der Waals surface area (Å²) in [5.41, 5.74) is 5.50. The van der Waals surface area contributed by atoms with Gasteiger partial charge in [-0.15, -0.1) is 0 Å². The molecule has 0 saturated carbocycles. The lowest BCUT2D eigenvalue weighted by molar-refractivity contribution is -0.145. The smallest absolute Gasteiger partial charge is 0.322 e. The fourth-order valence-corrected chi connectivity index (χ4v) is 1.13. The number of esters is 2. The number of carbonyl (C=O) groups is 2. The first-order valence-electron chi connectivity index (χ1n) is 4.78. The third-order valence-corrected chi connectivity index (χ3v) is 2.01. The molecule has 0 radical (unpaired) electrons. The summed E-state index contributed by atoms with van der Waals surface area (Å²) >= 11 is 0. The molecule has 2 N–H and O–H groups in total. The molecule has 0 aromatic carbocycles. The second-order valence-corrected chi connectivity index (χ2v) is 3.24. The van der Waals surface area contributed by atoms with Crippen LogP contribution in [0.3, 0.4) is 0 Å². The average molecular weight is 201 g/mol. The molecule has 80 valence electrons. The van der Waals surface area contributed by atoms with Crippen LogP contribution in [0.25, 0.3) is 0 Å². The standard InChI is InChI=1S/C9H15NO4/c10-7-3-4-8(11)13-5-1-2-6-14-9(7)12/h7H,1-6,10H2/t7-/m0/s1. The maximum Gasteiger partial charge on any atom is 0.322 e. The molecule has 14 heavy (non-hydrogen) atoms. The zero-order valence-electron chi connectivity index (χ0n) is 8.03. The molecule has 1 heterocycles. The summed E-state index contributed by atoms with van der Waals surface area (Å²) in [5, 5.41) is 0. The van der Waals surface area contributed by atoms with E-state index in [1.807, 2.05) is 0 Å². The van der Waals surface area contributed by atoms with E-state index in [1.165, 1.54) is 0 Å². The van der Waals surface area contributed by atoms with Crippen LogP contribution in [0.5, 0.6) is 0 Å². The van der Waals surface area contributed by atoms with Gasteiger partial charge >= 0.3 is 11.9 Å². The Balaban J connectivity index is 2.44. The van der Waals surface area contributed by atoms with Crippen molar-refractivity contribution < 1.29 is 19.1 Å². The Morgan fingerprint density at radius 3 is 2.50 bits per heavy atom. The molecule has 0 aromatic rings. The first-order valence-corrected chi connectivity index (χ1v) is 4.78. The Morgan fingerprint density at radius 1 is 1.14 bits per heavy atom. The van der Waals surface area contributed by atoms with Crippen molar-refractivity contribution in [3.05, 3.63) is 0 Å². The van der Waals surface area contributed by atoms with Crippen LogP contribution in [0.15, 0.2) is 0 Å². The largest absolute Gasteiger partial charge is 0.466 e. The highest BCUT2D eigenvalue weighted by Gasteiger charge is 2.17. The van der Waals surface area contributed by atoms with Crippen molar-refractivity contribution >= 4 is 11.9 Å². The van der Waals surface area contributed by atoms with E-state index in [0.717, 1.165) is 0 Å². The van der Waals surface area contributed by atoms with Gasteiger partial charge in [-0.2, -0.15) is 0 Å². The maximum absolute atomic E-state index is 11.2. The SMILES string of the molecule is N[C@H]1CCC(=O)OCCCCOC1=O. The van der Waals surface area contributed by atoms with E-state index >= 15 is 0 Å². The highest BCUT2D eigenvalue weighted by molar-refractivity contribution is 5.77. The number of rotatable bonds is 0. The van der Waals surface area contributed by atoms with Gasteiger partial charge in [0.25, 0.3) is 0 Å². The molecular formula is C9H15NO4. The molecular weight excluding hydrogens is 186 g/mol. The number of hydrogen-bond donors (Lipinski definition) is 1. The van der Waals surface area contributed by atoms with Crippen molar-refractivity contribution in [1.29, 1.82) is 0 Å². The summed E-state index contributed by atoms with van der Waals surface area (Å²) in [4.78, 5) is 22.2. The zero-order valence-corrected chi connectivity index (χ0v) is 8.03. The molecule has 1 atom stereocenters. The maximum atomic E-state index is 11.2. The fraction of sp³-hybridized carbons (Fsp3) is 0.778. The summed E-state index contributed by atoms with van der Waals surface area (Å²) in [5.74, 6) is -0.727. The van der Waals surface area contributed by atoms with Crippen molar-refractivity contribution in [2.45, 2.75) is 31.7 Å². The van der Waals surface area contributed by atoms with Crippen LogP contribution >= 0.6 is 0 Å². The van der Waals surface area contributed by atoms with Gasteiger partial charge in [-0.25, -0.2) is 0 Å². The molecule has 1 aliphatic heterocycles. The van der Waals surface area contributed by atoms with Crippen LogP contribution < -0.4 is 5.73 Å². The average Bonchev–Trinajstić information content (AvgIpc) is 2.20. The lowest BCUT2D eigenvalue weighted by atomic mass is 10.2. The molecule has 5 nitrogen and oxygen atoms in total. The van der Waals surface area contributed by atoms with Crippen molar-refractivity contribution in [3.8, 4) is 0 Å². The highest BCUT2D eigenvalue weighted by atomic mass is 16.5. The van der Waals surface area contributed by atoms with Gasteiger partial charge in [0.2, 0.25) is 0 Å². The van der Waals surface area contributed by atoms with E-state index < -0.39 is 12.0 Å².